The Balaban J connectivity index is 1.44. The van der Waals surface area contributed by atoms with Crippen LogP contribution in [0.3, 0.4) is 0 Å². The van der Waals surface area contributed by atoms with Gasteiger partial charge < -0.3 is 19.5 Å². The van der Waals surface area contributed by atoms with Crippen LogP contribution in [-0.4, -0.2) is 13.0 Å². The number of nitriles is 1. The van der Waals surface area contributed by atoms with Crippen molar-refractivity contribution in [3.05, 3.63) is 122 Å². The van der Waals surface area contributed by atoms with Crippen LogP contribution in [-0.2, 0) is 18.0 Å². The van der Waals surface area contributed by atoms with Crippen molar-refractivity contribution in [1.29, 1.82) is 5.26 Å². The maximum atomic E-state index is 12.8. The Labute approximate surface area is 249 Å². The second kappa shape index (κ2) is 13.8. The number of hydrogen-bond acceptors (Lipinski definition) is 5. The van der Waals surface area contributed by atoms with Crippen molar-refractivity contribution in [1.82, 2.24) is 0 Å². The van der Waals surface area contributed by atoms with Crippen LogP contribution in [0.1, 0.15) is 27.8 Å². The summed E-state index contributed by atoms with van der Waals surface area (Å²) in [5, 5.41) is 12.9. The molecule has 0 spiro atoms. The van der Waals surface area contributed by atoms with Crippen molar-refractivity contribution >= 4 is 40.9 Å². The lowest BCUT2D eigenvalue weighted by molar-refractivity contribution is -0.112. The first kappa shape index (κ1) is 29.5. The normalized spacial score (nSPS) is 11.0. The van der Waals surface area contributed by atoms with Crippen LogP contribution in [0, 0.1) is 25.2 Å². The monoisotopic (exact) mass is 586 g/mol. The van der Waals surface area contributed by atoms with Gasteiger partial charge in [-0.2, -0.15) is 5.26 Å². The number of anilines is 1. The van der Waals surface area contributed by atoms with Crippen molar-refractivity contribution in [3.8, 4) is 23.3 Å². The summed E-state index contributed by atoms with van der Waals surface area (Å²) in [7, 11) is 1.58. The second-order valence-electron chi connectivity index (χ2n) is 9.30. The molecule has 4 aromatic carbocycles. The van der Waals surface area contributed by atoms with Gasteiger partial charge in [0.15, 0.2) is 17.2 Å². The van der Waals surface area contributed by atoms with Crippen LogP contribution < -0.4 is 19.5 Å². The van der Waals surface area contributed by atoms with Crippen LogP contribution in [0.25, 0.3) is 6.08 Å². The molecule has 0 heterocycles. The van der Waals surface area contributed by atoms with Gasteiger partial charge in [-0.25, -0.2) is 0 Å². The summed E-state index contributed by atoms with van der Waals surface area (Å²) in [6, 6.07) is 26.1. The molecule has 208 valence electrons. The molecule has 1 amide bonds. The molecule has 6 nitrogen and oxygen atoms in total. The Bertz CT molecular complexity index is 1610. The first-order chi connectivity index (χ1) is 19.8. The molecule has 0 fully saturated rings. The average molecular weight is 588 g/mol. The highest BCUT2D eigenvalue weighted by Gasteiger charge is 2.15. The van der Waals surface area contributed by atoms with E-state index in [-0.39, 0.29) is 28.0 Å². The molecule has 0 aliphatic rings. The van der Waals surface area contributed by atoms with Gasteiger partial charge >= 0.3 is 0 Å². The van der Waals surface area contributed by atoms with Gasteiger partial charge in [0.05, 0.1) is 17.2 Å². The Morgan fingerprint density at radius 3 is 2.24 bits per heavy atom. The molecule has 0 aliphatic carbocycles. The zero-order valence-electron chi connectivity index (χ0n) is 22.8. The Morgan fingerprint density at radius 2 is 1.59 bits per heavy atom. The number of methoxy groups -OCH3 is 1. The molecule has 0 bridgehead atoms. The largest absolute Gasteiger partial charge is 0.493 e. The number of nitrogens with one attached hydrogen (secondary N) is 1. The lowest BCUT2D eigenvalue weighted by Gasteiger charge is -2.14. The first-order valence-electron chi connectivity index (χ1n) is 12.7. The number of rotatable bonds is 10. The molecule has 0 atom stereocenters. The third-order valence-electron chi connectivity index (χ3n) is 6.18. The standard InChI is InChI=1S/C33H28Cl2N2O4/c1-21-9-11-29(22(2)13-21)37-33(38)26(18-36)14-25-15-27(34)32(28(35)16-25)41-20-24-10-12-30(31(17-24)39-3)40-19-23-7-5-4-6-8-23/h4-17H,19-20H2,1-3H3,(H,37,38)/b26-14+. The van der Waals surface area contributed by atoms with E-state index in [0.717, 1.165) is 22.3 Å². The molecule has 41 heavy (non-hydrogen) atoms. The van der Waals surface area contributed by atoms with E-state index in [1.165, 1.54) is 6.08 Å². The molecule has 4 rings (SSSR count). The van der Waals surface area contributed by atoms with Crippen LogP contribution >= 0.6 is 23.2 Å². The highest BCUT2D eigenvalue weighted by atomic mass is 35.5. The number of benzene rings is 4. The SMILES string of the molecule is COc1cc(COc2c(Cl)cc(/C=C(\C#N)C(=O)Nc3ccc(C)cc3C)cc2Cl)ccc1OCc1ccccc1. The second-order valence-corrected chi connectivity index (χ2v) is 10.1. The number of nitrogens with zero attached hydrogens (tertiary/aromatic N) is 1. The van der Waals surface area contributed by atoms with E-state index in [1.54, 1.807) is 25.3 Å². The minimum atomic E-state index is -0.530. The molecule has 0 aromatic heterocycles. The summed E-state index contributed by atoms with van der Waals surface area (Å²) in [6.07, 6.45) is 1.43. The summed E-state index contributed by atoms with van der Waals surface area (Å²) in [5.41, 5.74) is 4.87. The number of carbonyl (C=O) groups excluding carboxylic acids is 1. The smallest absolute Gasteiger partial charge is 0.266 e. The van der Waals surface area contributed by atoms with E-state index in [0.29, 0.717) is 29.4 Å². The van der Waals surface area contributed by atoms with Gasteiger partial charge in [-0.3, -0.25) is 4.79 Å². The van der Waals surface area contributed by atoms with Gasteiger partial charge in [0.2, 0.25) is 0 Å². The molecule has 0 aliphatic heterocycles. The Morgan fingerprint density at radius 1 is 0.878 bits per heavy atom. The number of aryl methyl sites for hydroxylation is 2. The number of halogens is 2. The summed E-state index contributed by atoms with van der Waals surface area (Å²) in [4.78, 5) is 12.8. The third kappa shape index (κ3) is 7.82. The molecule has 0 saturated carbocycles. The van der Waals surface area contributed by atoms with Crippen molar-refractivity contribution in [2.75, 3.05) is 12.4 Å². The van der Waals surface area contributed by atoms with Gasteiger partial charge in [-0.05, 0) is 72.5 Å². The quantitative estimate of drug-likeness (QED) is 0.149. The van der Waals surface area contributed by atoms with Gasteiger partial charge in [-0.15, -0.1) is 0 Å². The fourth-order valence-corrected chi connectivity index (χ4v) is 4.68. The maximum Gasteiger partial charge on any atom is 0.266 e. The first-order valence-corrected chi connectivity index (χ1v) is 13.5. The van der Waals surface area contributed by atoms with Crippen molar-refractivity contribution in [3.63, 3.8) is 0 Å². The average Bonchev–Trinajstić information content (AvgIpc) is 2.96. The molecule has 4 aromatic rings. The summed E-state index contributed by atoms with van der Waals surface area (Å²) >= 11 is 13.0. The van der Waals surface area contributed by atoms with E-state index < -0.39 is 5.91 Å². The zero-order valence-corrected chi connectivity index (χ0v) is 24.3. The summed E-state index contributed by atoms with van der Waals surface area (Å²) in [5.74, 6) is 0.939. The maximum absolute atomic E-state index is 12.8. The fraction of sp³-hybridized carbons (Fsp3) is 0.152. The Hall–Kier alpha value is -4.44. The van der Waals surface area contributed by atoms with E-state index in [2.05, 4.69) is 5.32 Å². The molecule has 8 heteroatoms. The highest BCUT2D eigenvalue weighted by molar-refractivity contribution is 6.37. The molecular weight excluding hydrogens is 559 g/mol. The summed E-state index contributed by atoms with van der Waals surface area (Å²) in [6.45, 7) is 4.45. The van der Waals surface area contributed by atoms with E-state index in [4.69, 9.17) is 37.4 Å². The van der Waals surface area contributed by atoms with Gasteiger partial charge in [0.1, 0.15) is 24.9 Å². The van der Waals surface area contributed by atoms with E-state index in [1.807, 2.05) is 80.6 Å². The minimum absolute atomic E-state index is 0.0903. The van der Waals surface area contributed by atoms with E-state index in [9.17, 15) is 10.1 Å². The predicted molar refractivity (Wildman–Crippen MR) is 163 cm³/mol. The molecule has 0 unspecified atom stereocenters. The molecule has 0 saturated heterocycles. The van der Waals surface area contributed by atoms with Crippen LogP contribution in [0.2, 0.25) is 10.0 Å². The molecular formula is C33H28Cl2N2O4. The minimum Gasteiger partial charge on any atom is -0.493 e. The summed E-state index contributed by atoms with van der Waals surface area (Å²) < 4.78 is 17.4. The van der Waals surface area contributed by atoms with Gasteiger partial charge in [0, 0.05) is 5.69 Å². The highest BCUT2D eigenvalue weighted by Crippen LogP contribution is 2.36. The predicted octanol–water partition coefficient (Wildman–Crippen LogP) is 8.32. The van der Waals surface area contributed by atoms with Gasteiger partial charge in [0.25, 0.3) is 5.91 Å². The third-order valence-corrected chi connectivity index (χ3v) is 6.74. The molecule has 1 N–H and O–H groups in total. The van der Waals surface area contributed by atoms with E-state index >= 15 is 0 Å². The topological polar surface area (TPSA) is 80.6 Å². The number of hydrogen-bond donors (Lipinski definition) is 1. The van der Waals surface area contributed by atoms with Crippen molar-refractivity contribution in [2.45, 2.75) is 27.1 Å². The zero-order chi connectivity index (χ0) is 29.4. The van der Waals surface area contributed by atoms with Crippen LogP contribution in [0.5, 0.6) is 17.2 Å². The van der Waals surface area contributed by atoms with Crippen LogP contribution in [0.4, 0.5) is 5.69 Å². The van der Waals surface area contributed by atoms with Crippen molar-refractivity contribution in [2.24, 2.45) is 0 Å². The van der Waals surface area contributed by atoms with Crippen LogP contribution in [0.15, 0.2) is 84.4 Å². The molecule has 0 radical (unpaired) electrons. The number of ether oxygens (including phenoxy) is 3. The Kier molecular flexibility index (Phi) is 9.91. The van der Waals surface area contributed by atoms with Crippen molar-refractivity contribution < 1.29 is 19.0 Å². The lowest BCUT2D eigenvalue weighted by atomic mass is 10.1. The van der Waals surface area contributed by atoms with Gasteiger partial charge in [-0.1, -0.05) is 77.3 Å². The lowest BCUT2D eigenvalue weighted by Crippen LogP contribution is -2.14. The number of carbonyl (C=O) groups is 1. The number of amides is 1. The fourth-order valence-electron chi connectivity index (χ4n) is 4.07.